The fraction of sp³-hybridized carbons (Fsp3) is 0.742. The van der Waals surface area contributed by atoms with E-state index in [2.05, 4.69) is 44.5 Å². The van der Waals surface area contributed by atoms with Crippen LogP contribution in [-0.2, 0) is 11.3 Å². The van der Waals surface area contributed by atoms with E-state index in [1.54, 1.807) is 0 Å². The number of benzene rings is 1. The molecule has 1 aromatic heterocycles. The van der Waals surface area contributed by atoms with E-state index in [1.807, 2.05) is 12.1 Å². The first-order valence-electron chi connectivity index (χ1n) is 15.8. The number of amides is 1. The molecule has 1 amide bonds. The van der Waals surface area contributed by atoms with Gasteiger partial charge in [0.2, 0.25) is 5.95 Å². The average molecular weight is 541 g/mol. The van der Waals surface area contributed by atoms with Gasteiger partial charge in [-0.25, -0.2) is 4.98 Å². The van der Waals surface area contributed by atoms with Gasteiger partial charge in [0.15, 0.2) is 0 Å². The minimum Gasteiger partial charge on any atom is -0.379 e. The first-order chi connectivity index (χ1) is 19.2. The molecular weight excluding hydrogens is 488 g/mol. The van der Waals surface area contributed by atoms with Crippen LogP contribution in [0.5, 0.6) is 0 Å². The molecule has 2 saturated heterocycles. The van der Waals surface area contributed by atoms with Gasteiger partial charge in [-0.05, 0) is 82.9 Å². The number of rotatable bonds is 16. The molecule has 2 aromatic rings. The molecule has 0 radical (unpaired) electrons. The number of unbranched alkanes of at least 4 members (excludes halogenated alkanes) is 2. The number of imidazole rings is 1. The largest absolute Gasteiger partial charge is 0.379 e. The summed E-state index contributed by atoms with van der Waals surface area (Å²) >= 11 is 0. The Morgan fingerprint density at radius 2 is 1.59 bits per heavy atom. The lowest BCUT2D eigenvalue weighted by atomic mass is 10.1. The summed E-state index contributed by atoms with van der Waals surface area (Å²) in [6.45, 7) is 16.2. The monoisotopic (exact) mass is 540 g/mol. The molecule has 0 unspecified atom stereocenters. The number of nitrogens with one attached hydrogen (secondary N) is 1. The lowest BCUT2D eigenvalue weighted by molar-refractivity contribution is 0.0378. The van der Waals surface area contributed by atoms with Crippen molar-refractivity contribution in [3.05, 3.63) is 23.8 Å². The van der Waals surface area contributed by atoms with Crippen LogP contribution in [0.1, 0.15) is 82.0 Å². The summed E-state index contributed by atoms with van der Waals surface area (Å²) in [4.78, 5) is 25.7. The van der Waals surface area contributed by atoms with Crippen molar-refractivity contribution >= 4 is 22.9 Å². The van der Waals surface area contributed by atoms with E-state index in [0.29, 0.717) is 0 Å². The Kier molecular flexibility index (Phi) is 12.4. The second-order valence-electron chi connectivity index (χ2n) is 11.3. The summed E-state index contributed by atoms with van der Waals surface area (Å²) in [6, 6.07) is 6.11. The van der Waals surface area contributed by atoms with Crippen LogP contribution in [0.25, 0.3) is 11.0 Å². The number of nitrogens with zero attached hydrogens (tertiary/aromatic N) is 5. The standard InChI is InChI=1S/C31H52N6O2/c1-3-5-19-36(20-6-4-2)30(38)27-12-13-28-29(26-27)37(21-11-18-34-15-8-7-9-16-34)31(33-28)32-14-10-17-35-22-24-39-25-23-35/h12-13,26H,3-11,14-25H2,1-2H3,(H,32,33). The predicted molar refractivity (Wildman–Crippen MR) is 161 cm³/mol. The Morgan fingerprint density at radius 1 is 0.897 bits per heavy atom. The molecule has 0 aliphatic carbocycles. The van der Waals surface area contributed by atoms with Gasteiger partial charge in [0, 0.05) is 44.8 Å². The Morgan fingerprint density at radius 3 is 2.31 bits per heavy atom. The fourth-order valence-electron chi connectivity index (χ4n) is 5.78. The fourth-order valence-corrected chi connectivity index (χ4v) is 5.78. The van der Waals surface area contributed by atoms with Crippen molar-refractivity contribution in [2.24, 2.45) is 0 Å². The number of aryl methyl sites for hydroxylation is 1. The molecule has 1 aromatic carbocycles. The molecule has 2 aliphatic rings. The molecule has 0 atom stereocenters. The summed E-state index contributed by atoms with van der Waals surface area (Å²) < 4.78 is 7.81. The number of hydrogen-bond acceptors (Lipinski definition) is 6. The Labute approximate surface area is 236 Å². The first kappa shape index (κ1) is 29.8. The van der Waals surface area contributed by atoms with Crippen molar-refractivity contribution < 1.29 is 9.53 Å². The zero-order chi connectivity index (χ0) is 27.3. The topological polar surface area (TPSA) is 65.9 Å². The number of ether oxygens (including phenoxy) is 1. The number of morpholine rings is 1. The molecule has 2 aliphatic heterocycles. The van der Waals surface area contributed by atoms with Crippen LogP contribution in [0.15, 0.2) is 18.2 Å². The number of aromatic nitrogens is 2. The Hall–Kier alpha value is -2.16. The molecule has 8 nitrogen and oxygen atoms in total. The third-order valence-corrected chi connectivity index (χ3v) is 8.19. The maximum Gasteiger partial charge on any atom is 0.253 e. The number of carbonyl (C=O) groups excluding carboxylic acids is 1. The van der Waals surface area contributed by atoms with Crippen LogP contribution in [0.2, 0.25) is 0 Å². The third kappa shape index (κ3) is 8.92. The molecule has 4 rings (SSSR count). The Balaban J connectivity index is 1.47. The smallest absolute Gasteiger partial charge is 0.253 e. The zero-order valence-corrected chi connectivity index (χ0v) is 24.6. The molecular formula is C31H52N6O2. The minimum absolute atomic E-state index is 0.153. The molecule has 0 spiro atoms. The summed E-state index contributed by atoms with van der Waals surface area (Å²) in [5, 5.41) is 3.64. The van der Waals surface area contributed by atoms with Crippen molar-refractivity contribution in [1.29, 1.82) is 0 Å². The highest BCUT2D eigenvalue weighted by Gasteiger charge is 2.19. The number of hydrogen-bond donors (Lipinski definition) is 1. The van der Waals surface area contributed by atoms with E-state index in [0.717, 1.165) is 127 Å². The van der Waals surface area contributed by atoms with Crippen LogP contribution in [0, 0.1) is 0 Å². The van der Waals surface area contributed by atoms with Crippen LogP contribution in [0.4, 0.5) is 5.95 Å². The van der Waals surface area contributed by atoms with Gasteiger partial charge in [-0.15, -0.1) is 0 Å². The number of carbonyl (C=O) groups is 1. The highest BCUT2D eigenvalue weighted by molar-refractivity contribution is 5.97. The average Bonchev–Trinajstić information content (AvgIpc) is 3.32. The second-order valence-corrected chi connectivity index (χ2v) is 11.3. The van der Waals surface area contributed by atoms with E-state index in [1.165, 1.54) is 32.4 Å². The lowest BCUT2D eigenvalue weighted by Crippen LogP contribution is -2.37. The van der Waals surface area contributed by atoms with E-state index < -0.39 is 0 Å². The van der Waals surface area contributed by atoms with Crippen molar-refractivity contribution in [2.75, 3.05) is 77.4 Å². The number of fused-ring (bicyclic) bond motifs is 1. The maximum absolute atomic E-state index is 13.6. The van der Waals surface area contributed by atoms with Gasteiger partial charge in [-0.2, -0.15) is 0 Å². The normalized spacial score (nSPS) is 17.1. The number of likely N-dealkylation sites (tertiary alicyclic amines) is 1. The van der Waals surface area contributed by atoms with Gasteiger partial charge >= 0.3 is 0 Å². The number of piperidine rings is 1. The van der Waals surface area contributed by atoms with E-state index in [4.69, 9.17) is 9.72 Å². The van der Waals surface area contributed by atoms with Crippen molar-refractivity contribution in [3.8, 4) is 0 Å². The SMILES string of the molecule is CCCCN(CCCC)C(=O)c1ccc2nc(NCCCN3CCOCC3)n(CCCN3CCCCC3)c2c1. The van der Waals surface area contributed by atoms with Gasteiger partial charge in [0.1, 0.15) is 0 Å². The molecule has 39 heavy (non-hydrogen) atoms. The summed E-state index contributed by atoms with van der Waals surface area (Å²) in [6.07, 6.45) is 10.5. The van der Waals surface area contributed by atoms with E-state index in [9.17, 15) is 4.79 Å². The molecule has 218 valence electrons. The van der Waals surface area contributed by atoms with Gasteiger partial charge in [-0.3, -0.25) is 9.69 Å². The molecule has 3 heterocycles. The van der Waals surface area contributed by atoms with Crippen molar-refractivity contribution in [2.45, 2.75) is 78.2 Å². The van der Waals surface area contributed by atoms with Crippen molar-refractivity contribution in [1.82, 2.24) is 24.3 Å². The van der Waals surface area contributed by atoms with Gasteiger partial charge < -0.3 is 24.4 Å². The van der Waals surface area contributed by atoms with Crippen LogP contribution >= 0.6 is 0 Å². The molecule has 0 saturated carbocycles. The van der Waals surface area contributed by atoms with Crippen LogP contribution in [0.3, 0.4) is 0 Å². The lowest BCUT2D eigenvalue weighted by Gasteiger charge is -2.26. The van der Waals surface area contributed by atoms with Crippen molar-refractivity contribution in [3.63, 3.8) is 0 Å². The molecule has 2 fully saturated rings. The summed E-state index contributed by atoms with van der Waals surface area (Å²) in [5.74, 6) is 1.09. The van der Waals surface area contributed by atoms with Crippen LogP contribution < -0.4 is 5.32 Å². The highest BCUT2D eigenvalue weighted by atomic mass is 16.5. The van der Waals surface area contributed by atoms with Crippen LogP contribution in [-0.4, -0.2) is 102 Å². The summed E-state index contributed by atoms with van der Waals surface area (Å²) in [7, 11) is 0. The second kappa shape index (κ2) is 16.2. The first-order valence-corrected chi connectivity index (χ1v) is 15.8. The molecule has 0 bridgehead atoms. The van der Waals surface area contributed by atoms with E-state index >= 15 is 0 Å². The summed E-state index contributed by atoms with van der Waals surface area (Å²) in [5.41, 5.74) is 2.82. The highest BCUT2D eigenvalue weighted by Crippen LogP contribution is 2.23. The quantitative estimate of drug-likeness (QED) is 0.299. The van der Waals surface area contributed by atoms with E-state index in [-0.39, 0.29) is 5.91 Å². The van der Waals surface area contributed by atoms with Gasteiger partial charge in [0.05, 0.1) is 24.2 Å². The predicted octanol–water partition coefficient (Wildman–Crippen LogP) is 5.09. The zero-order valence-electron chi connectivity index (χ0n) is 24.6. The van der Waals surface area contributed by atoms with Gasteiger partial charge in [0.25, 0.3) is 5.91 Å². The number of anilines is 1. The minimum atomic E-state index is 0.153. The molecule has 8 heteroatoms. The Bertz CT molecular complexity index is 988. The van der Waals surface area contributed by atoms with Gasteiger partial charge in [-0.1, -0.05) is 33.1 Å². The molecule has 1 N–H and O–H groups in total. The third-order valence-electron chi connectivity index (χ3n) is 8.19. The maximum atomic E-state index is 13.6.